The molecule has 5 nitrogen and oxygen atoms in total. The quantitative estimate of drug-likeness (QED) is 0.848. The van der Waals surface area contributed by atoms with Gasteiger partial charge in [0.05, 0.1) is 19.8 Å². The number of rotatable bonds is 6. The lowest BCUT2D eigenvalue weighted by Gasteiger charge is -2.22. The summed E-state index contributed by atoms with van der Waals surface area (Å²) in [5.74, 6) is 1.77. The topological polar surface area (TPSA) is 59.6 Å². The van der Waals surface area contributed by atoms with Gasteiger partial charge in [0.25, 0.3) is 0 Å². The maximum Gasteiger partial charge on any atom is 0.241 e. The van der Waals surface area contributed by atoms with Crippen LogP contribution in [0.2, 0.25) is 0 Å². The Kier molecular flexibility index (Phi) is 6.07. The molecule has 1 aromatic carbocycles. The zero-order chi connectivity index (χ0) is 15.9. The molecule has 22 heavy (non-hydrogen) atoms. The molecule has 0 aromatic heterocycles. The lowest BCUT2D eigenvalue weighted by molar-refractivity contribution is -0.118. The molecular formula is C17H26N2O3. The zero-order valence-corrected chi connectivity index (χ0v) is 13.6. The van der Waals surface area contributed by atoms with Crippen molar-refractivity contribution in [3.8, 4) is 11.5 Å². The van der Waals surface area contributed by atoms with Crippen LogP contribution in [0.15, 0.2) is 18.2 Å². The lowest BCUT2D eigenvalue weighted by Crippen LogP contribution is -2.43. The number of nitrogens with one attached hydrogen (secondary N) is 2. The van der Waals surface area contributed by atoms with E-state index in [9.17, 15) is 4.79 Å². The molecule has 0 radical (unpaired) electrons. The van der Waals surface area contributed by atoms with Gasteiger partial charge in [-0.05, 0) is 37.4 Å². The number of hydrogen-bond acceptors (Lipinski definition) is 4. The van der Waals surface area contributed by atoms with Crippen LogP contribution in [0, 0.1) is 5.92 Å². The molecule has 1 saturated heterocycles. The Morgan fingerprint density at radius 3 is 2.82 bits per heavy atom. The van der Waals surface area contributed by atoms with Crippen molar-refractivity contribution < 1.29 is 14.3 Å². The van der Waals surface area contributed by atoms with Gasteiger partial charge in [-0.1, -0.05) is 20.3 Å². The highest BCUT2D eigenvalue weighted by atomic mass is 16.5. The van der Waals surface area contributed by atoms with E-state index in [1.807, 2.05) is 18.2 Å². The van der Waals surface area contributed by atoms with Gasteiger partial charge < -0.3 is 20.1 Å². The van der Waals surface area contributed by atoms with Crippen molar-refractivity contribution >= 4 is 11.6 Å². The Morgan fingerprint density at radius 2 is 2.18 bits per heavy atom. The average Bonchev–Trinajstić information content (AvgIpc) is 2.54. The summed E-state index contributed by atoms with van der Waals surface area (Å²) in [5, 5.41) is 6.20. The summed E-state index contributed by atoms with van der Waals surface area (Å²) in [6.45, 7) is 5.70. The normalized spacial score (nSPS) is 18.1. The second kappa shape index (κ2) is 8.03. The number of piperidine rings is 1. The molecule has 0 spiro atoms. The fraction of sp³-hybridized carbons (Fsp3) is 0.588. The van der Waals surface area contributed by atoms with Crippen molar-refractivity contribution in [1.29, 1.82) is 0 Å². The molecule has 1 atom stereocenters. The number of benzene rings is 1. The third-order valence-electron chi connectivity index (χ3n) is 3.63. The van der Waals surface area contributed by atoms with Gasteiger partial charge in [0.2, 0.25) is 5.91 Å². The van der Waals surface area contributed by atoms with Crippen molar-refractivity contribution in [2.45, 2.75) is 39.2 Å². The standard InChI is InChI=1S/C17H26N2O3/c1-12(2)11-22-16-10-13(7-8-15(16)21-3)19-17(20)14-6-4-5-9-18-14/h7-8,10,12,14,18H,4-6,9,11H2,1-3H3,(H,19,20). The molecule has 1 aliphatic rings. The van der Waals surface area contributed by atoms with E-state index < -0.39 is 0 Å². The van der Waals surface area contributed by atoms with E-state index in [0.29, 0.717) is 24.0 Å². The van der Waals surface area contributed by atoms with Gasteiger partial charge in [0.15, 0.2) is 11.5 Å². The highest BCUT2D eigenvalue weighted by Crippen LogP contribution is 2.30. The molecule has 2 rings (SSSR count). The van der Waals surface area contributed by atoms with Crippen LogP contribution >= 0.6 is 0 Å². The van der Waals surface area contributed by atoms with Gasteiger partial charge in [-0.3, -0.25) is 4.79 Å². The molecule has 1 amide bonds. The average molecular weight is 306 g/mol. The van der Waals surface area contributed by atoms with Crippen molar-refractivity contribution in [3.63, 3.8) is 0 Å². The van der Waals surface area contributed by atoms with E-state index in [2.05, 4.69) is 24.5 Å². The molecule has 2 N–H and O–H groups in total. The van der Waals surface area contributed by atoms with Gasteiger partial charge in [-0.2, -0.15) is 0 Å². The van der Waals surface area contributed by atoms with Crippen LogP contribution in [0.3, 0.4) is 0 Å². The molecule has 1 fully saturated rings. The Hall–Kier alpha value is -1.75. The van der Waals surface area contributed by atoms with Crippen molar-refractivity contribution in [2.24, 2.45) is 5.92 Å². The number of carbonyl (C=O) groups is 1. The monoisotopic (exact) mass is 306 g/mol. The molecular weight excluding hydrogens is 280 g/mol. The molecule has 5 heteroatoms. The van der Waals surface area contributed by atoms with Crippen molar-refractivity contribution in [1.82, 2.24) is 5.32 Å². The van der Waals surface area contributed by atoms with Gasteiger partial charge in [-0.15, -0.1) is 0 Å². The summed E-state index contributed by atoms with van der Waals surface area (Å²) < 4.78 is 11.1. The molecule has 1 heterocycles. The second-order valence-corrected chi connectivity index (χ2v) is 6.06. The summed E-state index contributed by atoms with van der Waals surface area (Å²) in [7, 11) is 1.61. The van der Waals surface area contributed by atoms with E-state index in [0.717, 1.165) is 31.5 Å². The first kappa shape index (κ1) is 16.6. The fourth-order valence-electron chi connectivity index (χ4n) is 2.43. The molecule has 122 valence electrons. The van der Waals surface area contributed by atoms with Crippen LogP contribution in [0.4, 0.5) is 5.69 Å². The minimum absolute atomic E-state index is 0.0136. The van der Waals surface area contributed by atoms with E-state index in [4.69, 9.17) is 9.47 Å². The first-order valence-electron chi connectivity index (χ1n) is 7.95. The summed E-state index contributed by atoms with van der Waals surface area (Å²) >= 11 is 0. The number of methoxy groups -OCH3 is 1. The Balaban J connectivity index is 2.03. The number of hydrogen-bond donors (Lipinski definition) is 2. The molecule has 0 bridgehead atoms. The summed E-state index contributed by atoms with van der Waals surface area (Å²) in [6.07, 6.45) is 3.12. The first-order valence-corrected chi connectivity index (χ1v) is 7.95. The predicted molar refractivity (Wildman–Crippen MR) is 87.6 cm³/mol. The summed E-state index contributed by atoms with van der Waals surface area (Å²) in [6, 6.07) is 5.37. The Morgan fingerprint density at radius 1 is 1.36 bits per heavy atom. The van der Waals surface area contributed by atoms with E-state index in [-0.39, 0.29) is 11.9 Å². The van der Waals surface area contributed by atoms with Crippen LogP contribution in [0.1, 0.15) is 33.1 Å². The lowest BCUT2D eigenvalue weighted by atomic mass is 10.0. The second-order valence-electron chi connectivity index (χ2n) is 6.06. The van der Waals surface area contributed by atoms with Crippen LogP contribution in [-0.2, 0) is 4.79 Å². The minimum Gasteiger partial charge on any atom is -0.493 e. The third-order valence-corrected chi connectivity index (χ3v) is 3.63. The van der Waals surface area contributed by atoms with Crippen molar-refractivity contribution in [2.75, 3.05) is 25.6 Å². The van der Waals surface area contributed by atoms with Crippen LogP contribution in [-0.4, -0.2) is 32.2 Å². The summed E-state index contributed by atoms with van der Waals surface area (Å²) in [4.78, 5) is 12.3. The maximum absolute atomic E-state index is 12.3. The molecule has 1 unspecified atom stereocenters. The zero-order valence-electron chi connectivity index (χ0n) is 13.6. The maximum atomic E-state index is 12.3. The Bertz CT molecular complexity index is 497. The predicted octanol–water partition coefficient (Wildman–Crippen LogP) is 2.81. The smallest absolute Gasteiger partial charge is 0.241 e. The van der Waals surface area contributed by atoms with Crippen LogP contribution in [0.25, 0.3) is 0 Å². The molecule has 1 aromatic rings. The third kappa shape index (κ3) is 4.63. The van der Waals surface area contributed by atoms with E-state index in [1.165, 1.54) is 0 Å². The van der Waals surface area contributed by atoms with E-state index >= 15 is 0 Å². The number of ether oxygens (including phenoxy) is 2. The van der Waals surface area contributed by atoms with Gasteiger partial charge in [0.1, 0.15) is 0 Å². The number of anilines is 1. The van der Waals surface area contributed by atoms with Crippen LogP contribution in [0.5, 0.6) is 11.5 Å². The van der Waals surface area contributed by atoms with E-state index in [1.54, 1.807) is 7.11 Å². The van der Waals surface area contributed by atoms with Gasteiger partial charge >= 0.3 is 0 Å². The molecule has 0 aliphatic carbocycles. The van der Waals surface area contributed by atoms with Gasteiger partial charge in [0, 0.05) is 11.8 Å². The number of carbonyl (C=O) groups excluding carboxylic acids is 1. The first-order chi connectivity index (χ1) is 10.6. The SMILES string of the molecule is COc1ccc(NC(=O)C2CCCCN2)cc1OCC(C)C. The number of amides is 1. The van der Waals surface area contributed by atoms with Crippen molar-refractivity contribution in [3.05, 3.63) is 18.2 Å². The van der Waals surface area contributed by atoms with Gasteiger partial charge in [-0.25, -0.2) is 0 Å². The van der Waals surface area contributed by atoms with Crippen LogP contribution < -0.4 is 20.1 Å². The molecule has 0 saturated carbocycles. The highest BCUT2D eigenvalue weighted by molar-refractivity contribution is 5.95. The Labute approximate surface area is 132 Å². The summed E-state index contributed by atoms with van der Waals surface area (Å²) in [5.41, 5.74) is 0.733. The molecule has 1 aliphatic heterocycles. The minimum atomic E-state index is -0.101. The highest BCUT2D eigenvalue weighted by Gasteiger charge is 2.20. The fourth-order valence-corrected chi connectivity index (χ4v) is 2.43. The largest absolute Gasteiger partial charge is 0.493 e.